The van der Waals surface area contributed by atoms with Crippen LogP contribution in [0.2, 0.25) is 0 Å². The lowest BCUT2D eigenvalue weighted by atomic mass is 10.1. The molecule has 0 aliphatic rings. The molecule has 0 bridgehead atoms. The van der Waals surface area contributed by atoms with Crippen LogP contribution in [0.15, 0.2) is 12.1 Å². The number of carbonyl (C=O) groups is 2. The fourth-order valence-electron chi connectivity index (χ4n) is 1.98. The van der Waals surface area contributed by atoms with Gasteiger partial charge in [-0.15, -0.1) is 0 Å². The summed E-state index contributed by atoms with van der Waals surface area (Å²) in [5, 5.41) is 5.46. The summed E-state index contributed by atoms with van der Waals surface area (Å²) in [7, 11) is 0. The highest BCUT2D eigenvalue weighted by Gasteiger charge is 2.20. The monoisotopic (exact) mass is 308 g/mol. The van der Waals surface area contributed by atoms with E-state index in [1.807, 2.05) is 27.7 Å². The van der Waals surface area contributed by atoms with Crippen molar-refractivity contribution in [1.29, 1.82) is 0 Å². The number of hydrogen-bond acceptors (Lipinski definition) is 4. The molecule has 1 aromatic rings. The van der Waals surface area contributed by atoms with E-state index < -0.39 is 0 Å². The molecule has 0 aliphatic carbocycles. The first-order valence-corrected chi connectivity index (χ1v) is 7.58. The third-order valence-corrected chi connectivity index (χ3v) is 2.85. The zero-order valence-corrected chi connectivity index (χ0v) is 13.6. The maximum atomic E-state index is 12.2. The Hall–Kier alpha value is -2.24. The van der Waals surface area contributed by atoms with Gasteiger partial charge in [0.1, 0.15) is 11.5 Å². The highest BCUT2D eigenvalue weighted by atomic mass is 16.5. The van der Waals surface area contributed by atoms with Crippen molar-refractivity contribution in [2.75, 3.05) is 26.3 Å². The molecular weight excluding hydrogens is 284 g/mol. The van der Waals surface area contributed by atoms with Crippen LogP contribution in [0.25, 0.3) is 0 Å². The number of rotatable bonds is 8. The molecule has 0 aromatic heterocycles. The molecule has 6 nitrogen and oxygen atoms in total. The van der Waals surface area contributed by atoms with Crippen LogP contribution in [0.5, 0.6) is 11.5 Å². The summed E-state index contributed by atoms with van der Waals surface area (Å²) in [6, 6.07) is 3.12. The van der Waals surface area contributed by atoms with E-state index in [4.69, 9.17) is 9.47 Å². The first-order chi connectivity index (χ1) is 10.6. The number of ether oxygens (including phenoxy) is 2. The average Bonchev–Trinajstić information content (AvgIpc) is 2.49. The lowest BCUT2D eigenvalue weighted by Gasteiger charge is -2.16. The van der Waals surface area contributed by atoms with Gasteiger partial charge in [-0.3, -0.25) is 9.59 Å². The van der Waals surface area contributed by atoms with Gasteiger partial charge in [-0.1, -0.05) is 0 Å². The standard InChI is InChI=1S/C16H24N2O4/c1-5-17-15(19)11-9-14(22-8-4)12(16(20)18-6-2)10-13(11)21-7-3/h9-10H,5-8H2,1-4H3,(H,17,19)(H,18,20). The first-order valence-electron chi connectivity index (χ1n) is 7.58. The van der Waals surface area contributed by atoms with Crippen LogP contribution in [-0.4, -0.2) is 38.1 Å². The largest absolute Gasteiger partial charge is 0.493 e. The summed E-state index contributed by atoms with van der Waals surface area (Å²) in [5.74, 6) is 0.236. The highest BCUT2D eigenvalue weighted by Crippen LogP contribution is 2.29. The van der Waals surface area contributed by atoms with Crippen molar-refractivity contribution in [2.45, 2.75) is 27.7 Å². The number of hydrogen-bond donors (Lipinski definition) is 2. The smallest absolute Gasteiger partial charge is 0.255 e. The van der Waals surface area contributed by atoms with Crippen molar-refractivity contribution in [1.82, 2.24) is 10.6 Å². The van der Waals surface area contributed by atoms with E-state index in [9.17, 15) is 9.59 Å². The van der Waals surface area contributed by atoms with Crippen molar-refractivity contribution in [3.05, 3.63) is 23.3 Å². The van der Waals surface area contributed by atoms with Gasteiger partial charge in [-0.2, -0.15) is 0 Å². The third-order valence-electron chi connectivity index (χ3n) is 2.85. The fraction of sp³-hybridized carbons (Fsp3) is 0.500. The molecule has 0 radical (unpaired) electrons. The molecule has 0 aliphatic heterocycles. The molecule has 2 amide bonds. The molecule has 0 unspecified atom stereocenters. The maximum absolute atomic E-state index is 12.2. The van der Waals surface area contributed by atoms with Crippen molar-refractivity contribution in [2.24, 2.45) is 0 Å². The predicted octanol–water partition coefficient (Wildman–Crippen LogP) is 1.98. The molecular formula is C16H24N2O4. The Balaban J connectivity index is 3.35. The third kappa shape index (κ3) is 4.38. The Labute approximate surface area is 131 Å². The fourth-order valence-corrected chi connectivity index (χ4v) is 1.98. The SMILES string of the molecule is CCNC(=O)c1cc(OCC)c(C(=O)NCC)cc1OCC. The van der Waals surface area contributed by atoms with E-state index in [0.717, 1.165) is 0 Å². The minimum Gasteiger partial charge on any atom is -0.493 e. The Morgan fingerprint density at radius 2 is 1.18 bits per heavy atom. The van der Waals surface area contributed by atoms with Crippen LogP contribution in [0.3, 0.4) is 0 Å². The van der Waals surface area contributed by atoms with Crippen LogP contribution >= 0.6 is 0 Å². The molecule has 2 N–H and O–H groups in total. The van der Waals surface area contributed by atoms with Gasteiger partial charge >= 0.3 is 0 Å². The van der Waals surface area contributed by atoms with E-state index in [1.54, 1.807) is 12.1 Å². The molecule has 0 heterocycles. The van der Waals surface area contributed by atoms with Crippen molar-refractivity contribution >= 4 is 11.8 Å². The Morgan fingerprint density at radius 1 is 0.818 bits per heavy atom. The second kappa shape index (κ2) is 8.92. The molecule has 22 heavy (non-hydrogen) atoms. The van der Waals surface area contributed by atoms with Crippen LogP contribution in [0, 0.1) is 0 Å². The lowest BCUT2D eigenvalue weighted by Crippen LogP contribution is -2.26. The summed E-state index contributed by atoms with van der Waals surface area (Å²) in [6.07, 6.45) is 0. The second-order valence-electron chi connectivity index (χ2n) is 4.43. The lowest BCUT2D eigenvalue weighted by molar-refractivity contribution is 0.0936. The van der Waals surface area contributed by atoms with Gasteiger partial charge in [-0.05, 0) is 39.8 Å². The van der Waals surface area contributed by atoms with Gasteiger partial charge in [0.15, 0.2) is 0 Å². The quantitative estimate of drug-likeness (QED) is 0.770. The summed E-state index contributed by atoms with van der Waals surface area (Å²) in [5.41, 5.74) is 0.723. The topological polar surface area (TPSA) is 76.7 Å². The van der Waals surface area contributed by atoms with Crippen molar-refractivity contribution < 1.29 is 19.1 Å². The Kier molecular flexibility index (Phi) is 7.22. The zero-order chi connectivity index (χ0) is 16.5. The van der Waals surface area contributed by atoms with Gasteiger partial charge in [-0.25, -0.2) is 0 Å². The summed E-state index contributed by atoms with van der Waals surface area (Å²) >= 11 is 0. The van der Waals surface area contributed by atoms with Gasteiger partial charge in [0.2, 0.25) is 0 Å². The van der Waals surface area contributed by atoms with Crippen molar-refractivity contribution in [3.63, 3.8) is 0 Å². The molecule has 0 spiro atoms. The van der Waals surface area contributed by atoms with Crippen molar-refractivity contribution in [3.8, 4) is 11.5 Å². The molecule has 122 valence electrons. The van der Waals surface area contributed by atoms with Gasteiger partial charge in [0.05, 0.1) is 24.3 Å². The van der Waals surface area contributed by atoms with E-state index in [2.05, 4.69) is 10.6 Å². The molecule has 1 aromatic carbocycles. The zero-order valence-electron chi connectivity index (χ0n) is 13.6. The van der Waals surface area contributed by atoms with Gasteiger partial charge < -0.3 is 20.1 Å². The average molecular weight is 308 g/mol. The second-order valence-corrected chi connectivity index (χ2v) is 4.43. The van der Waals surface area contributed by atoms with Gasteiger partial charge in [0, 0.05) is 13.1 Å². The van der Waals surface area contributed by atoms with E-state index in [1.165, 1.54) is 0 Å². The van der Waals surface area contributed by atoms with Crippen LogP contribution in [0.4, 0.5) is 0 Å². The minimum atomic E-state index is -0.255. The van der Waals surface area contributed by atoms with Crippen LogP contribution in [-0.2, 0) is 0 Å². The van der Waals surface area contributed by atoms with E-state index in [-0.39, 0.29) is 11.8 Å². The Morgan fingerprint density at radius 3 is 1.45 bits per heavy atom. The van der Waals surface area contributed by atoms with E-state index in [0.29, 0.717) is 48.9 Å². The Bertz CT molecular complexity index is 481. The molecule has 0 saturated heterocycles. The summed E-state index contributed by atoms with van der Waals surface area (Å²) in [6.45, 7) is 9.13. The normalized spacial score (nSPS) is 10.0. The minimum absolute atomic E-state index is 0.255. The maximum Gasteiger partial charge on any atom is 0.255 e. The van der Waals surface area contributed by atoms with Gasteiger partial charge in [0.25, 0.3) is 11.8 Å². The number of nitrogens with one attached hydrogen (secondary N) is 2. The number of carbonyl (C=O) groups excluding carboxylic acids is 2. The van der Waals surface area contributed by atoms with Crippen LogP contribution < -0.4 is 20.1 Å². The molecule has 0 atom stereocenters. The number of amides is 2. The molecule has 6 heteroatoms. The summed E-state index contributed by atoms with van der Waals surface area (Å²) < 4.78 is 11.0. The molecule has 0 fully saturated rings. The predicted molar refractivity (Wildman–Crippen MR) is 84.8 cm³/mol. The van der Waals surface area contributed by atoms with Crippen LogP contribution in [0.1, 0.15) is 48.4 Å². The molecule has 0 saturated carbocycles. The van der Waals surface area contributed by atoms with E-state index >= 15 is 0 Å². The first kappa shape index (κ1) is 17.8. The molecule has 1 rings (SSSR count). The number of benzene rings is 1. The highest BCUT2D eigenvalue weighted by molar-refractivity contribution is 6.02. The summed E-state index contributed by atoms with van der Waals surface area (Å²) in [4.78, 5) is 24.3.